The van der Waals surface area contributed by atoms with Crippen LogP contribution < -0.4 is 5.32 Å². The van der Waals surface area contributed by atoms with Gasteiger partial charge in [-0.2, -0.15) is 15.3 Å². The molecule has 4 aromatic rings. The maximum absolute atomic E-state index is 9.02. The fraction of sp³-hybridized carbons (Fsp3) is 0.304. The Hall–Kier alpha value is -3.70. The lowest BCUT2D eigenvalue weighted by Gasteiger charge is -2.28. The summed E-state index contributed by atoms with van der Waals surface area (Å²) < 4.78 is 3.77. The van der Waals surface area contributed by atoms with Crippen LogP contribution in [-0.2, 0) is 6.54 Å². The Labute approximate surface area is 180 Å². The second-order valence-electron chi connectivity index (χ2n) is 8.14. The number of hydrogen-bond acceptors (Lipinski definition) is 6. The zero-order chi connectivity index (χ0) is 21.2. The summed E-state index contributed by atoms with van der Waals surface area (Å²) in [6.07, 6.45) is 8.15. The second-order valence-corrected chi connectivity index (χ2v) is 8.14. The SMILES string of the molecule is CN1CCC(Cn2cc(Nc3nc4c(-c5ccc(C#N)cc5)cccn4n3)cn2)CC1. The standard InChI is InChI=1S/C23H24N8/c1-29-11-8-18(9-12-29)15-30-16-20(14-25-30)26-23-27-22-21(3-2-10-31(22)28-23)19-6-4-17(13-24)5-7-19/h2-7,10,14,16,18H,8-9,11-12,15H2,1H3,(H,26,28). The van der Waals surface area contributed by atoms with Crippen LogP contribution in [0.2, 0.25) is 0 Å². The molecule has 0 saturated carbocycles. The molecular formula is C23H24N8. The molecule has 1 fully saturated rings. The van der Waals surface area contributed by atoms with E-state index in [9.17, 15) is 0 Å². The van der Waals surface area contributed by atoms with Crippen LogP contribution in [0.15, 0.2) is 55.0 Å². The fourth-order valence-electron chi connectivity index (χ4n) is 4.08. The molecule has 8 heteroatoms. The third kappa shape index (κ3) is 4.13. The lowest BCUT2D eigenvalue weighted by Crippen LogP contribution is -2.31. The summed E-state index contributed by atoms with van der Waals surface area (Å²) in [5.74, 6) is 1.20. The van der Waals surface area contributed by atoms with Crippen molar-refractivity contribution >= 4 is 17.3 Å². The van der Waals surface area contributed by atoms with Crippen molar-refractivity contribution in [1.29, 1.82) is 5.26 Å². The van der Waals surface area contributed by atoms with Crippen molar-refractivity contribution in [2.45, 2.75) is 19.4 Å². The monoisotopic (exact) mass is 412 g/mol. The van der Waals surface area contributed by atoms with E-state index in [0.717, 1.165) is 42.1 Å². The van der Waals surface area contributed by atoms with Crippen molar-refractivity contribution < 1.29 is 0 Å². The maximum Gasteiger partial charge on any atom is 0.247 e. The summed E-state index contributed by atoms with van der Waals surface area (Å²) >= 11 is 0. The number of benzene rings is 1. The zero-order valence-corrected chi connectivity index (χ0v) is 17.4. The van der Waals surface area contributed by atoms with Gasteiger partial charge in [-0.25, -0.2) is 4.52 Å². The highest BCUT2D eigenvalue weighted by atomic mass is 15.4. The molecule has 0 spiro atoms. The molecule has 1 N–H and O–H groups in total. The Morgan fingerprint density at radius 3 is 2.74 bits per heavy atom. The third-order valence-electron chi connectivity index (χ3n) is 5.86. The summed E-state index contributed by atoms with van der Waals surface area (Å²) in [6.45, 7) is 3.25. The smallest absolute Gasteiger partial charge is 0.247 e. The second kappa shape index (κ2) is 8.20. The van der Waals surface area contributed by atoms with E-state index in [1.165, 1.54) is 12.8 Å². The molecule has 5 rings (SSSR count). The van der Waals surface area contributed by atoms with Gasteiger partial charge in [0.05, 0.1) is 23.5 Å². The summed E-state index contributed by atoms with van der Waals surface area (Å²) in [5, 5.41) is 21.4. The molecule has 0 amide bonds. The van der Waals surface area contributed by atoms with Gasteiger partial charge in [-0.05, 0) is 68.7 Å². The van der Waals surface area contributed by atoms with Crippen LogP contribution in [0.1, 0.15) is 18.4 Å². The van der Waals surface area contributed by atoms with Crippen LogP contribution in [0, 0.1) is 17.2 Å². The van der Waals surface area contributed by atoms with Crippen LogP contribution in [0.4, 0.5) is 11.6 Å². The minimum atomic E-state index is 0.528. The first-order valence-electron chi connectivity index (χ1n) is 10.5. The largest absolute Gasteiger partial charge is 0.320 e. The first-order valence-corrected chi connectivity index (χ1v) is 10.5. The highest BCUT2D eigenvalue weighted by Crippen LogP contribution is 2.25. The molecule has 156 valence electrons. The highest BCUT2D eigenvalue weighted by molar-refractivity contribution is 5.78. The fourth-order valence-corrected chi connectivity index (χ4v) is 4.08. The number of nitrogens with zero attached hydrogens (tertiary/aromatic N) is 7. The number of pyridine rings is 1. The number of fused-ring (bicyclic) bond motifs is 1. The normalized spacial score (nSPS) is 15.2. The molecule has 3 aromatic heterocycles. The van der Waals surface area contributed by atoms with Crippen LogP contribution >= 0.6 is 0 Å². The van der Waals surface area contributed by atoms with E-state index in [1.807, 2.05) is 59.7 Å². The van der Waals surface area contributed by atoms with E-state index >= 15 is 0 Å². The van der Waals surface area contributed by atoms with Gasteiger partial charge < -0.3 is 10.2 Å². The zero-order valence-electron chi connectivity index (χ0n) is 17.4. The van der Waals surface area contributed by atoms with Crippen molar-refractivity contribution in [2.75, 3.05) is 25.5 Å². The van der Waals surface area contributed by atoms with E-state index in [2.05, 4.69) is 33.5 Å². The molecule has 1 saturated heterocycles. The van der Waals surface area contributed by atoms with Gasteiger partial charge in [0.2, 0.25) is 5.95 Å². The summed E-state index contributed by atoms with van der Waals surface area (Å²) in [7, 11) is 2.18. The number of aromatic nitrogens is 5. The maximum atomic E-state index is 9.02. The first-order chi connectivity index (χ1) is 15.2. The van der Waals surface area contributed by atoms with Gasteiger partial charge in [0.25, 0.3) is 0 Å². The molecule has 1 aliphatic rings. The first kappa shape index (κ1) is 19.3. The van der Waals surface area contributed by atoms with Crippen LogP contribution in [0.3, 0.4) is 0 Å². The van der Waals surface area contributed by atoms with Crippen LogP contribution in [0.5, 0.6) is 0 Å². The summed E-state index contributed by atoms with van der Waals surface area (Å²) in [6, 6.07) is 13.6. The molecule has 0 radical (unpaired) electrons. The lowest BCUT2D eigenvalue weighted by atomic mass is 9.97. The van der Waals surface area contributed by atoms with Gasteiger partial charge >= 0.3 is 0 Å². The lowest BCUT2D eigenvalue weighted by molar-refractivity contribution is 0.201. The van der Waals surface area contributed by atoms with Gasteiger partial charge in [-0.3, -0.25) is 4.68 Å². The van der Waals surface area contributed by atoms with Crippen LogP contribution in [0.25, 0.3) is 16.8 Å². The van der Waals surface area contributed by atoms with Gasteiger partial charge in [0.1, 0.15) is 0 Å². The molecular weight excluding hydrogens is 388 g/mol. The minimum absolute atomic E-state index is 0.528. The van der Waals surface area contributed by atoms with Gasteiger partial charge in [0, 0.05) is 24.5 Å². The molecule has 4 heterocycles. The molecule has 1 aromatic carbocycles. The van der Waals surface area contributed by atoms with E-state index < -0.39 is 0 Å². The van der Waals surface area contributed by atoms with Crippen molar-refractivity contribution in [3.05, 3.63) is 60.6 Å². The molecule has 0 unspecified atom stereocenters. The predicted octanol–water partition coefficient (Wildman–Crippen LogP) is 3.55. The van der Waals surface area contributed by atoms with E-state index in [4.69, 9.17) is 10.2 Å². The third-order valence-corrected chi connectivity index (χ3v) is 5.86. The number of piperidine rings is 1. The Balaban J connectivity index is 1.33. The highest BCUT2D eigenvalue weighted by Gasteiger charge is 2.17. The van der Waals surface area contributed by atoms with Crippen LogP contribution in [-0.4, -0.2) is 49.4 Å². The summed E-state index contributed by atoms with van der Waals surface area (Å²) in [5.41, 5.74) is 4.23. The molecule has 31 heavy (non-hydrogen) atoms. The van der Waals surface area contributed by atoms with Crippen molar-refractivity contribution in [2.24, 2.45) is 5.92 Å². The number of nitrogens with one attached hydrogen (secondary N) is 1. The van der Waals surface area contributed by atoms with Gasteiger partial charge in [0.15, 0.2) is 5.65 Å². The number of likely N-dealkylation sites (tertiary alicyclic amines) is 1. The van der Waals surface area contributed by atoms with Gasteiger partial charge in [-0.15, -0.1) is 5.10 Å². The predicted molar refractivity (Wildman–Crippen MR) is 119 cm³/mol. The topological polar surface area (TPSA) is 87.1 Å². The number of rotatable bonds is 5. The molecule has 0 aliphatic carbocycles. The Morgan fingerprint density at radius 2 is 1.97 bits per heavy atom. The van der Waals surface area contributed by atoms with E-state index in [0.29, 0.717) is 17.4 Å². The number of anilines is 2. The Bertz CT molecular complexity index is 1220. The van der Waals surface area contributed by atoms with E-state index in [-0.39, 0.29) is 0 Å². The molecule has 0 bridgehead atoms. The quantitative estimate of drug-likeness (QED) is 0.539. The number of hydrogen-bond donors (Lipinski definition) is 1. The van der Waals surface area contributed by atoms with Gasteiger partial charge in [-0.1, -0.05) is 12.1 Å². The minimum Gasteiger partial charge on any atom is -0.320 e. The Morgan fingerprint density at radius 1 is 1.16 bits per heavy atom. The molecule has 8 nitrogen and oxygen atoms in total. The number of nitriles is 1. The molecule has 0 atom stereocenters. The molecule has 1 aliphatic heterocycles. The van der Waals surface area contributed by atoms with E-state index in [1.54, 1.807) is 4.52 Å². The summed E-state index contributed by atoms with van der Waals surface area (Å²) in [4.78, 5) is 7.08. The average molecular weight is 413 g/mol. The van der Waals surface area contributed by atoms with Crippen molar-refractivity contribution in [3.63, 3.8) is 0 Å². The Kier molecular flexibility index (Phi) is 5.10. The van der Waals surface area contributed by atoms with Crippen molar-refractivity contribution in [1.82, 2.24) is 29.3 Å². The average Bonchev–Trinajstić information content (AvgIpc) is 3.41. The van der Waals surface area contributed by atoms with Crippen molar-refractivity contribution in [3.8, 4) is 17.2 Å².